The lowest BCUT2D eigenvalue weighted by atomic mass is 9.93. The molecule has 0 radical (unpaired) electrons. The van der Waals surface area contributed by atoms with Gasteiger partial charge in [-0.25, -0.2) is 0 Å². The number of carbonyl (C=O) groups is 4. The predicted octanol–water partition coefficient (Wildman–Crippen LogP) is 0.736. The standard InChI is InChI=1S/C11H16O6/c1-6(12)8(10(14)15)4-3-5-9(7(2)13)11(16)17/h8-9H,3-5H2,1-2H3,(H,14,15)(H,16,17). The molecule has 96 valence electrons. The van der Waals surface area contributed by atoms with Crippen molar-refractivity contribution >= 4 is 23.5 Å². The van der Waals surface area contributed by atoms with E-state index in [0.29, 0.717) is 0 Å². The Morgan fingerprint density at radius 2 is 1.12 bits per heavy atom. The third-order valence-corrected chi connectivity index (χ3v) is 2.56. The smallest absolute Gasteiger partial charge is 0.314 e. The maximum Gasteiger partial charge on any atom is 0.314 e. The first-order valence-corrected chi connectivity index (χ1v) is 5.23. The van der Waals surface area contributed by atoms with E-state index in [-0.39, 0.29) is 19.3 Å². The largest absolute Gasteiger partial charge is 0.481 e. The quantitative estimate of drug-likeness (QED) is 0.609. The van der Waals surface area contributed by atoms with Crippen LogP contribution in [0.5, 0.6) is 0 Å². The summed E-state index contributed by atoms with van der Waals surface area (Å²) in [6.45, 7) is 2.36. The molecule has 2 N–H and O–H groups in total. The third kappa shape index (κ3) is 5.24. The normalized spacial score (nSPS) is 13.8. The molecule has 0 saturated heterocycles. The molecule has 17 heavy (non-hydrogen) atoms. The first-order valence-electron chi connectivity index (χ1n) is 5.23. The van der Waals surface area contributed by atoms with E-state index in [1.807, 2.05) is 0 Å². The number of Topliss-reactive ketones (excluding diaryl/α,β-unsaturated/α-hetero) is 2. The molecule has 0 bridgehead atoms. The van der Waals surface area contributed by atoms with Crippen LogP contribution in [-0.4, -0.2) is 33.7 Å². The molecule has 6 heteroatoms. The van der Waals surface area contributed by atoms with Crippen molar-refractivity contribution in [3.05, 3.63) is 0 Å². The zero-order valence-electron chi connectivity index (χ0n) is 9.80. The summed E-state index contributed by atoms with van der Waals surface area (Å²) in [5, 5.41) is 17.4. The van der Waals surface area contributed by atoms with Gasteiger partial charge < -0.3 is 10.2 Å². The zero-order chi connectivity index (χ0) is 13.6. The summed E-state index contributed by atoms with van der Waals surface area (Å²) >= 11 is 0. The molecule has 0 fully saturated rings. The van der Waals surface area contributed by atoms with Crippen LogP contribution in [0.3, 0.4) is 0 Å². The van der Waals surface area contributed by atoms with Crippen LogP contribution in [0.2, 0.25) is 0 Å². The molecule has 2 atom stereocenters. The van der Waals surface area contributed by atoms with Crippen LogP contribution in [0.4, 0.5) is 0 Å². The van der Waals surface area contributed by atoms with Crippen molar-refractivity contribution in [3.8, 4) is 0 Å². The van der Waals surface area contributed by atoms with E-state index in [0.717, 1.165) is 0 Å². The summed E-state index contributed by atoms with van der Waals surface area (Å²) in [4.78, 5) is 43.3. The summed E-state index contributed by atoms with van der Waals surface area (Å²) in [5.74, 6) is -5.59. The van der Waals surface area contributed by atoms with Crippen LogP contribution in [0.25, 0.3) is 0 Å². The van der Waals surface area contributed by atoms with E-state index in [1.165, 1.54) is 13.8 Å². The highest BCUT2D eigenvalue weighted by molar-refractivity contribution is 5.97. The molecular weight excluding hydrogens is 228 g/mol. The number of carboxylic acids is 2. The highest BCUT2D eigenvalue weighted by Crippen LogP contribution is 2.15. The fourth-order valence-electron chi connectivity index (χ4n) is 1.53. The monoisotopic (exact) mass is 244 g/mol. The van der Waals surface area contributed by atoms with Crippen molar-refractivity contribution in [1.82, 2.24) is 0 Å². The number of aliphatic carboxylic acids is 2. The average Bonchev–Trinajstić information content (AvgIpc) is 2.14. The Morgan fingerprint density at radius 1 is 0.824 bits per heavy atom. The molecular formula is C11H16O6. The molecule has 0 aliphatic carbocycles. The number of carboxylic acid groups (broad SMARTS) is 2. The minimum absolute atomic E-state index is 0.0573. The molecule has 0 amide bonds. The number of hydrogen-bond donors (Lipinski definition) is 2. The van der Waals surface area contributed by atoms with Gasteiger partial charge in [0.25, 0.3) is 0 Å². The molecule has 0 saturated carbocycles. The lowest BCUT2D eigenvalue weighted by molar-refractivity contribution is -0.146. The predicted molar refractivity (Wildman–Crippen MR) is 57.5 cm³/mol. The third-order valence-electron chi connectivity index (χ3n) is 2.56. The van der Waals surface area contributed by atoms with Gasteiger partial charge in [-0.3, -0.25) is 19.2 Å². The second-order valence-electron chi connectivity index (χ2n) is 3.93. The van der Waals surface area contributed by atoms with Crippen molar-refractivity contribution in [3.63, 3.8) is 0 Å². The lowest BCUT2D eigenvalue weighted by Gasteiger charge is -2.11. The van der Waals surface area contributed by atoms with Gasteiger partial charge in [-0.1, -0.05) is 6.42 Å². The van der Waals surface area contributed by atoms with Gasteiger partial charge in [-0.2, -0.15) is 0 Å². The summed E-state index contributed by atoms with van der Waals surface area (Å²) < 4.78 is 0. The second-order valence-corrected chi connectivity index (χ2v) is 3.93. The Bertz CT molecular complexity index is 273. The van der Waals surface area contributed by atoms with Crippen molar-refractivity contribution in [1.29, 1.82) is 0 Å². The van der Waals surface area contributed by atoms with Crippen molar-refractivity contribution in [2.45, 2.75) is 33.1 Å². The molecule has 0 aliphatic rings. The number of hydrogen-bond acceptors (Lipinski definition) is 4. The summed E-state index contributed by atoms with van der Waals surface area (Å²) in [6.07, 6.45) is 0.330. The van der Waals surface area contributed by atoms with Crippen LogP contribution < -0.4 is 0 Å². The highest BCUT2D eigenvalue weighted by Gasteiger charge is 2.25. The summed E-state index contributed by atoms with van der Waals surface area (Å²) in [5.41, 5.74) is 0. The maximum absolute atomic E-state index is 11.0. The molecule has 0 aromatic heterocycles. The highest BCUT2D eigenvalue weighted by atomic mass is 16.4. The molecule has 0 rings (SSSR count). The molecule has 0 aromatic carbocycles. The van der Waals surface area contributed by atoms with Crippen LogP contribution in [-0.2, 0) is 19.2 Å². The van der Waals surface area contributed by atoms with Crippen LogP contribution in [0.15, 0.2) is 0 Å². The molecule has 2 unspecified atom stereocenters. The molecule has 0 heterocycles. The van der Waals surface area contributed by atoms with E-state index >= 15 is 0 Å². The van der Waals surface area contributed by atoms with Gasteiger partial charge in [0.15, 0.2) is 0 Å². The topological polar surface area (TPSA) is 109 Å². The van der Waals surface area contributed by atoms with E-state index in [2.05, 4.69) is 0 Å². The molecule has 0 spiro atoms. The second kappa shape index (κ2) is 6.78. The SMILES string of the molecule is CC(=O)C(CCCC(C(C)=O)C(=O)O)C(=O)O. The van der Waals surface area contributed by atoms with E-state index in [1.54, 1.807) is 0 Å². The fourth-order valence-corrected chi connectivity index (χ4v) is 1.53. The van der Waals surface area contributed by atoms with Crippen LogP contribution in [0.1, 0.15) is 33.1 Å². The average molecular weight is 244 g/mol. The lowest BCUT2D eigenvalue weighted by Crippen LogP contribution is -2.24. The Morgan fingerprint density at radius 3 is 1.29 bits per heavy atom. The van der Waals surface area contributed by atoms with E-state index < -0.39 is 35.3 Å². The van der Waals surface area contributed by atoms with Crippen molar-refractivity contribution in [2.75, 3.05) is 0 Å². The Labute approximate surface area is 98.6 Å². The minimum atomic E-state index is -1.22. The van der Waals surface area contributed by atoms with Crippen molar-refractivity contribution < 1.29 is 29.4 Å². The minimum Gasteiger partial charge on any atom is -0.481 e. The van der Waals surface area contributed by atoms with Gasteiger partial charge in [0.2, 0.25) is 0 Å². The van der Waals surface area contributed by atoms with Gasteiger partial charge in [-0.05, 0) is 26.7 Å². The Hall–Kier alpha value is -1.72. The van der Waals surface area contributed by atoms with E-state index in [4.69, 9.17) is 10.2 Å². The van der Waals surface area contributed by atoms with Gasteiger partial charge in [-0.15, -0.1) is 0 Å². The van der Waals surface area contributed by atoms with Crippen LogP contribution >= 0.6 is 0 Å². The maximum atomic E-state index is 11.0. The number of ketones is 2. The fraction of sp³-hybridized carbons (Fsp3) is 0.636. The van der Waals surface area contributed by atoms with Gasteiger partial charge in [0, 0.05) is 0 Å². The Balaban J connectivity index is 4.29. The first kappa shape index (κ1) is 15.3. The van der Waals surface area contributed by atoms with Crippen molar-refractivity contribution in [2.24, 2.45) is 11.8 Å². The zero-order valence-corrected chi connectivity index (χ0v) is 9.80. The molecule has 6 nitrogen and oxygen atoms in total. The Kier molecular flexibility index (Phi) is 6.09. The molecule has 0 aliphatic heterocycles. The van der Waals surface area contributed by atoms with Gasteiger partial charge >= 0.3 is 11.9 Å². The summed E-state index contributed by atoms with van der Waals surface area (Å²) in [6, 6.07) is 0. The number of rotatable bonds is 8. The van der Waals surface area contributed by atoms with Gasteiger partial charge in [0.05, 0.1) is 0 Å². The summed E-state index contributed by atoms with van der Waals surface area (Å²) in [7, 11) is 0. The first-order chi connectivity index (χ1) is 7.77. The number of carbonyl (C=O) groups excluding carboxylic acids is 2. The van der Waals surface area contributed by atoms with E-state index in [9.17, 15) is 19.2 Å². The molecule has 0 aromatic rings. The van der Waals surface area contributed by atoms with Crippen LogP contribution in [0, 0.1) is 11.8 Å². The van der Waals surface area contributed by atoms with Gasteiger partial charge in [0.1, 0.15) is 23.4 Å².